The molecule has 0 spiro atoms. The van der Waals surface area contributed by atoms with Crippen LogP contribution in [0.15, 0.2) is 23.2 Å². The van der Waals surface area contributed by atoms with Crippen molar-refractivity contribution in [2.45, 2.75) is 13.8 Å². The largest absolute Gasteiger partial charge is 0.197 e. The van der Waals surface area contributed by atoms with Gasteiger partial charge in [0.15, 0.2) is 0 Å². The molecule has 0 heterocycles. The maximum atomic E-state index is 5.01. The first-order valence-electron chi connectivity index (χ1n) is 2.26. The van der Waals surface area contributed by atoms with E-state index in [1.807, 2.05) is 13.8 Å². The summed E-state index contributed by atoms with van der Waals surface area (Å²) in [7, 11) is 0. The zero-order chi connectivity index (χ0) is 6.83. The third-order valence-corrected chi connectivity index (χ3v) is 0.756. The van der Waals surface area contributed by atoms with Gasteiger partial charge in [-0.15, -0.1) is 0 Å². The summed E-state index contributed by atoms with van der Waals surface area (Å²) in [6, 6.07) is 0. The first kappa shape index (κ1) is 16.2. The van der Waals surface area contributed by atoms with Crippen molar-refractivity contribution >= 4 is 36.7 Å². The van der Waals surface area contributed by atoms with Gasteiger partial charge < -0.3 is 0 Å². The van der Waals surface area contributed by atoms with Crippen LogP contribution >= 0.6 is 36.7 Å². The molecular formula is C6H12Cl2S. The van der Waals surface area contributed by atoms with E-state index in [1.165, 1.54) is 11.1 Å². The predicted molar refractivity (Wildman–Crippen MR) is 51.7 cm³/mol. The molecule has 0 fully saturated rings. The highest BCUT2D eigenvalue weighted by molar-refractivity contribution is 7.59. The van der Waals surface area contributed by atoms with Crippen LogP contribution in [0, 0.1) is 0 Å². The number of allylic oxidation sites excluding steroid dienone is 2. The second-order valence-corrected chi connectivity index (χ2v) is 1.42. The zero-order valence-corrected chi connectivity index (χ0v) is 8.08. The van der Waals surface area contributed by atoms with Crippen LogP contribution in [0.4, 0.5) is 0 Å². The minimum absolute atomic E-state index is 0. The highest BCUT2D eigenvalue weighted by Gasteiger charge is 1.37. The van der Waals surface area contributed by atoms with Crippen molar-refractivity contribution in [2.24, 2.45) is 0 Å². The average molecular weight is 187 g/mol. The maximum Gasteiger partial charge on any atom is -0.0000330 e. The Morgan fingerprint density at radius 2 is 1.00 bits per heavy atom. The van der Waals surface area contributed by atoms with Gasteiger partial charge in [-0.25, -0.2) is 0 Å². The van der Waals surface area contributed by atoms with Crippen molar-refractivity contribution in [2.75, 3.05) is 0 Å². The molecule has 0 saturated carbocycles. The van der Waals surface area contributed by atoms with Gasteiger partial charge in [0.25, 0.3) is 0 Å². The van der Waals surface area contributed by atoms with Gasteiger partial charge in [0, 0.05) is 0 Å². The zero-order valence-electron chi connectivity index (χ0n) is 5.57. The summed E-state index contributed by atoms with van der Waals surface area (Å²) in [5.41, 5.74) is 2.94. The maximum absolute atomic E-state index is 5.01. The first-order chi connectivity index (χ1) is 3.83. The molecule has 0 aromatic heterocycles. The standard InChI is InChI=1S/2C3H5Cl.H2S/c2*1-2-3-4;/h2*2-3H,1H3;1H2/b2*3-2+;. The molecule has 0 saturated heterocycles. The van der Waals surface area contributed by atoms with Crippen LogP contribution in [-0.4, -0.2) is 0 Å². The molecule has 9 heavy (non-hydrogen) atoms. The Morgan fingerprint density at radius 3 is 1.00 bits per heavy atom. The molecule has 56 valence electrons. The molecule has 0 aliphatic carbocycles. The van der Waals surface area contributed by atoms with Crippen LogP contribution < -0.4 is 0 Å². The van der Waals surface area contributed by atoms with Crippen LogP contribution in [0.25, 0.3) is 0 Å². The van der Waals surface area contributed by atoms with Gasteiger partial charge in [0.2, 0.25) is 0 Å². The summed E-state index contributed by atoms with van der Waals surface area (Å²) < 4.78 is 0. The molecule has 0 rings (SSSR count). The topological polar surface area (TPSA) is 0 Å². The molecule has 0 atom stereocenters. The molecular weight excluding hydrogens is 175 g/mol. The van der Waals surface area contributed by atoms with Crippen molar-refractivity contribution in [3.8, 4) is 0 Å². The van der Waals surface area contributed by atoms with E-state index in [4.69, 9.17) is 23.2 Å². The van der Waals surface area contributed by atoms with Gasteiger partial charge >= 0.3 is 0 Å². The smallest absolute Gasteiger partial charge is 0.0000330 e. The summed E-state index contributed by atoms with van der Waals surface area (Å²) in [4.78, 5) is 0. The SMILES string of the molecule is C/C=C/Cl.C/C=C/Cl.S. The molecule has 0 N–H and O–H groups in total. The van der Waals surface area contributed by atoms with E-state index in [2.05, 4.69) is 0 Å². The highest BCUT2D eigenvalue weighted by Crippen LogP contribution is 1.70. The minimum atomic E-state index is 0. The van der Waals surface area contributed by atoms with Crippen molar-refractivity contribution in [1.82, 2.24) is 0 Å². The van der Waals surface area contributed by atoms with Gasteiger partial charge in [-0.2, -0.15) is 13.5 Å². The molecule has 0 aliphatic heterocycles. The fourth-order valence-electron chi connectivity index (χ4n) is 0. The molecule has 0 unspecified atom stereocenters. The molecule has 0 aromatic carbocycles. The molecule has 0 amide bonds. The fraction of sp³-hybridized carbons (Fsp3) is 0.333. The van der Waals surface area contributed by atoms with Crippen LogP contribution in [0.1, 0.15) is 13.8 Å². The number of halogens is 2. The summed E-state index contributed by atoms with van der Waals surface area (Å²) in [5.74, 6) is 0. The normalized spacial score (nSPS) is 8.44. The Labute approximate surface area is 74.0 Å². The van der Waals surface area contributed by atoms with E-state index in [-0.39, 0.29) is 13.5 Å². The Kier molecular flexibility index (Phi) is 42.7. The van der Waals surface area contributed by atoms with Crippen LogP contribution in [0.3, 0.4) is 0 Å². The summed E-state index contributed by atoms with van der Waals surface area (Å²) in [6.07, 6.45) is 3.53. The van der Waals surface area contributed by atoms with Gasteiger partial charge in [-0.05, 0) is 24.9 Å². The second kappa shape index (κ2) is 23.7. The molecule has 0 aliphatic rings. The van der Waals surface area contributed by atoms with E-state index in [0.717, 1.165) is 0 Å². The summed E-state index contributed by atoms with van der Waals surface area (Å²) in [6.45, 7) is 3.74. The third kappa shape index (κ3) is 59.5. The van der Waals surface area contributed by atoms with E-state index < -0.39 is 0 Å². The lowest BCUT2D eigenvalue weighted by Crippen LogP contribution is -1.20. The van der Waals surface area contributed by atoms with E-state index in [1.54, 1.807) is 12.2 Å². The Hall–Kier alpha value is 0.410. The Morgan fingerprint density at radius 1 is 0.889 bits per heavy atom. The van der Waals surface area contributed by atoms with E-state index >= 15 is 0 Å². The third-order valence-electron chi connectivity index (χ3n) is 0.252. The van der Waals surface area contributed by atoms with Crippen LogP contribution in [0.5, 0.6) is 0 Å². The van der Waals surface area contributed by atoms with Crippen molar-refractivity contribution in [3.63, 3.8) is 0 Å². The minimum Gasteiger partial charge on any atom is -0.197 e. The average Bonchev–Trinajstić information content (AvgIpc) is 1.88. The lowest BCUT2D eigenvalue weighted by atomic mass is 10.8. The molecule has 0 nitrogen and oxygen atoms in total. The van der Waals surface area contributed by atoms with Gasteiger partial charge in [0.05, 0.1) is 0 Å². The lowest BCUT2D eigenvalue weighted by molar-refractivity contribution is 1.78. The van der Waals surface area contributed by atoms with Gasteiger partial charge in [0.1, 0.15) is 0 Å². The molecule has 0 radical (unpaired) electrons. The van der Waals surface area contributed by atoms with Crippen molar-refractivity contribution in [3.05, 3.63) is 23.2 Å². The Balaban J connectivity index is -0.0000000720. The number of rotatable bonds is 0. The highest BCUT2D eigenvalue weighted by atomic mass is 35.5. The second-order valence-electron chi connectivity index (χ2n) is 0.919. The number of hydrogen-bond donors (Lipinski definition) is 0. The first-order valence-corrected chi connectivity index (χ1v) is 3.13. The van der Waals surface area contributed by atoms with E-state index in [9.17, 15) is 0 Å². The Bertz CT molecular complexity index is 51.5. The quantitative estimate of drug-likeness (QED) is 0.543. The number of hydrogen-bond acceptors (Lipinski definition) is 0. The predicted octanol–water partition coefficient (Wildman–Crippen LogP) is 3.63. The van der Waals surface area contributed by atoms with Crippen LogP contribution in [0.2, 0.25) is 0 Å². The van der Waals surface area contributed by atoms with Crippen LogP contribution in [-0.2, 0) is 0 Å². The van der Waals surface area contributed by atoms with Crippen molar-refractivity contribution < 1.29 is 0 Å². The summed E-state index contributed by atoms with van der Waals surface area (Å²) in [5, 5.41) is 0. The fourth-order valence-corrected chi connectivity index (χ4v) is 0. The van der Waals surface area contributed by atoms with Gasteiger partial charge in [-0.1, -0.05) is 35.4 Å². The van der Waals surface area contributed by atoms with Gasteiger partial charge in [-0.3, -0.25) is 0 Å². The molecule has 3 heteroatoms. The summed E-state index contributed by atoms with van der Waals surface area (Å²) >= 11 is 10.0. The lowest BCUT2D eigenvalue weighted by Gasteiger charge is -1.46. The van der Waals surface area contributed by atoms with E-state index in [0.29, 0.717) is 0 Å². The monoisotopic (exact) mass is 186 g/mol. The molecule has 0 bridgehead atoms. The molecule has 0 aromatic rings. The van der Waals surface area contributed by atoms with Crippen molar-refractivity contribution in [1.29, 1.82) is 0 Å².